The summed E-state index contributed by atoms with van der Waals surface area (Å²) in [4.78, 5) is 15.3. The highest BCUT2D eigenvalue weighted by Crippen LogP contribution is 2.28. The largest absolute Gasteiger partial charge is 0.481 e. The summed E-state index contributed by atoms with van der Waals surface area (Å²) in [6, 6.07) is 6.55. The van der Waals surface area contributed by atoms with Crippen LogP contribution in [0.25, 0.3) is 10.9 Å². The van der Waals surface area contributed by atoms with Gasteiger partial charge in [-0.15, -0.1) is 11.8 Å². The van der Waals surface area contributed by atoms with Gasteiger partial charge in [0.25, 0.3) is 0 Å². The van der Waals surface area contributed by atoms with Gasteiger partial charge in [0.05, 0.1) is 6.42 Å². The summed E-state index contributed by atoms with van der Waals surface area (Å²) >= 11 is 1.40. The summed E-state index contributed by atoms with van der Waals surface area (Å²) in [5, 5.41) is 9.29. The number of hydrogen-bond donors (Lipinski definition) is 1. The van der Waals surface area contributed by atoms with Gasteiger partial charge in [-0.05, 0) is 12.1 Å². The average Bonchev–Trinajstić information content (AvgIpc) is 2.30. The Morgan fingerprint density at radius 2 is 2.24 bits per heavy atom. The van der Waals surface area contributed by atoms with Gasteiger partial charge >= 0.3 is 5.97 Å². The van der Waals surface area contributed by atoms with E-state index >= 15 is 0 Å². The van der Waals surface area contributed by atoms with Crippen molar-refractivity contribution in [1.82, 2.24) is 4.98 Å². The van der Waals surface area contributed by atoms with Crippen molar-refractivity contribution < 1.29 is 14.3 Å². The third kappa shape index (κ3) is 2.74. The molecule has 5 heteroatoms. The third-order valence-corrected chi connectivity index (χ3v) is 3.33. The van der Waals surface area contributed by atoms with E-state index in [1.807, 2.05) is 0 Å². The molecule has 0 bridgehead atoms. The minimum atomic E-state index is -0.831. The molecule has 0 atom stereocenters. The van der Waals surface area contributed by atoms with Gasteiger partial charge in [-0.3, -0.25) is 9.78 Å². The first-order chi connectivity index (χ1) is 8.18. The topological polar surface area (TPSA) is 50.2 Å². The molecule has 2 aromatic rings. The van der Waals surface area contributed by atoms with Gasteiger partial charge in [-0.1, -0.05) is 12.1 Å². The molecular weight excluding hydrogens is 241 g/mol. The first-order valence-corrected chi connectivity index (χ1v) is 6.05. The van der Waals surface area contributed by atoms with Gasteiger partial charge in [0, 0.05) is 22.2 Å². The number of nitrogens with zero attached hydrogens (tertiary/aromatic N) is 1. The number of benzene rings is 1. The molecule has 0 aliphatic carbocycles. The number of pyridine rings is 1. The lowest BCUT2D eigenvalue weighted by Crippen LogP contribution is -1.96. The number of aromatic nitrogens is 1. The van der Waals surface area contributed by atoms with Crippen LogP contribution >= 0.6 is 11.8 Å². The lowest BCUT2D eigenvalue weighted by atomic mass is 10.2. The van der Waals surface area contributed by atoms with Crippen molar-refractivity contribution in [2.24, 2.45) is 0 Å². The molecule has 0 saturated heterocycles. The molecule has 0 spiro atoms. The van der Waals surface area contributed by atoms with Crippen molar-refractivity contribution in [2.75, 3.05) is 5.75 Å². The number of halogens is 1. The lowest BCUT2D eigenvalue weighted by Gasteiger charge is -2.05. The second-order valence-corrected chi connectivity index (χ2v) is 4.57. The molecule has 1 aromatic heterocycles. The first-order valence-electron chi connectivity index (χ1n) is 5.06. The number of carboxylic acid groups (broad SMARTS) is 1. The average molecular weight is 251 g/mol. The number of thioether (sulfide) groups is 1. The fraction of sp³-hybridized carbons (Fsp3) is 0.167. The van der Waals surface area contributed by atoms with E-state index in [1.165, 1.54) is 24.0 Å². The van der Waals surface area contributed by atoms with Gasteiger partial charge in [0.1, 0.15) is 11.3 Å². The number of fused-ring (bicyclic) bond motifs is 1. The van der Waals surface area contributed by atoms with Crippen LogP contribution in [-0.2, 0) is 4.79 Å². The Hall–Kier alpha value is -1.62. The normalized spacial score (nSPS) is 10.6. The fourth-order valence-electron chi connectivity index (χ4n) is 1.49. The summed E-state index contributed by atoms with van der Waals surface area (Å²) in [6.07, 6.45) is 1.62. The molecule has 2 rings (SSSR count). The predicted molar refractivity (Wildman–Crippen MR) is 64.7 cm³/mol. The second kappa shape index (κ2) is 5.14. The molecule has 1 aromatic carbocycles. The molecular formula is C12H10FNO2S. The van der Waals surface area contributed by atoms with E-state index in [1.54, 1.807) is 18.2 Å². The molecule has 0 fully saturated rings. The lowest BCUT2D eigenvalue weighted by molar-refractivity contribution is -0.136. The van der Waals surface area contributed by atoms with E-state index in [9.17, 15) is 9.18 Å². The quantitative estimate of drug-likeness (QED) is 0.849. The van der Waals surface area contributed by atoms with Crippen molar-refractivity contribution in [3.8, 4) is 0 Å². The Kier molecular flexibility index (Phi) is 3.58. The van der Waals surface area contributed by atoms with E-state index in [-0.39, 0.29) is 12.2 Å². The summed E-state index contributed by atoms with van der Waals surface area (Å²) < 4.78 is 13.5. The van der Waals surface area contributed by atoms with Crippen LogP contribution in [0, 0.1) is 5.82 Å². The van der Waals surface area contributed by atoms with Crippen LogP contribution in [0.5, 0.6) is 0 Å². The summed E-state index contributed by atoms with van der Waals surface area (Å²) in [5.74, 6) is -0.726. The van der Waals surface area contributed by atoms with Crippen LogP contribution in [-0.4, -0.2) is 21.8 Å². The molecule has 0 unspecified atom stereocenters. The van der Waals surface area contributed by atoms with Crippen LogP contribution in [0.1, 0.15) is 6.42 Å². The highest BCUT2D eigenvalue weighted by atomic mass is 32.2. The van der Waals surface area contributed by atoms with E-state index in [0.29, 0.717) is 11.3 Å². The molecule has 1 heterocycles. The Morgan fingerprint density at radius 3 is 3.00 bits per heavy atom. The van der Waals surface area contributed by atoms with E-state index in [2.05, 4.69) is 4.98 Å². The molecule has 1 N–H and O–H groups in total. The summed E-state index contributed by atoms with van der Waals surface area (Å²) in [7, 11) is 0. The smallest absolute Gasteiger partial charge is 0.304 e. The monoisotopic (exact) mass is 251 g/mol. The molecule has 0 saturated carbocycles. The fourth-order valence-corrected chi connectivity index (χ4v) is 2.46. The van der Waals surface area contributed by atoms with Gasteiger partial charge in [0.2, 0.25) is 0 Å². The first kappa shape index (κ1) is 11.9. The third-order valence-electron chi connectivity index (χ3n) is 2.26. The van der Waals surface area contributed by atoms with Crippen LogP contribution in [0.2, 0.25) is 0 Å². The van der Waals surface area contributed by atoms with Gasteiger partial charge in [0.15, 0.2) is 0 Å². The van der Waals surface area contributed by atoms with Gasteiger partial charge < -0.3 is 5.11 Å². The highest BCUT2D eigenvalue weighted by Gasteiger charge is 2.06. The predicted octanol–water partition coefficient (Wildman–Crippen LogP) is 2.94. The van der Waals surface area contributed by atoms with E-state index in [4.69, 9.17) is 5.11 Å². The molecule has 0 aliphatic heterocycles. The Morgan fingerprint density at radius 1 is 1.41 bits per heavy atom. The number of hydrogen-bond acceptors (Lipinski definition) is 3. The van der Waals surface area contributed by atoms with Gasteiger partial charge in [-0.2, -0.15) is 0 Å². The second-order valence-electron chi connectivity index (χ2n) is 3.44. The molecule has 17 heavy (non-hydrogen) atoms. The zero-order valence-electron chi connectivity index (χ0n) is 8.89. The Balaban J connectivity index is 2.28. The summed E-state index contributed by atoms with van der Waals surface area (Å²) in [6.45, 7) is 0. The van der Waals surface area contributed by atoms with Crippen molar-refractivity contribution in [2.45, 2.75) is 11.3 Å². The van der Waals surface area contributed by atoms with Crippen LogP contribution < -0.4 is 0 Å². The number of aliphatic carboxylic acids is 1. The Labute approximate surface area is 102 Å². The number of para-hydroxylation sites is 1. The molecule has 88 valence electrons. The molecule has 0 radical (unpaired) electrons. The zero-order valence-corrected chi connectivity index (χ0v) is 9.71. The van der Waals surface area contributed by atoms with E-state index < -0.39 is 5.97 Å². The van der Waals surface area contributed by atoms with Crippen LogP contribution in [0.4, 0.5) is 4.39 Å². The molecule has 0 amide bonds. The van der Waals surface area contributed by atoms with Crippen LogP contribution in [0.15, 0.2) is 35.4 Å². The van der Waals surface area contributed by atoms with Crippen LogP contribution in [0.3, 0.4) is 0 Å². The maximum absolute atomic E-state index is 13.5. The number of carboxylic acids is 1. The summed E-state index contributed by atoms with van der Waals surface area (Å²) in [5.41, 5.74) is 0.327. The maximum Gasteiger partial charge on any atom is 0.304 e. The minimum Gasteiger partial charge on any atom is -0.481 e. The number of carbonyl (C=O) groups is 1. The van der Waals surface area contributed by atoms with Crippen molar-refractivity contribution in [3.63, 3.8) is 0 Å². The maximum atomic E-state index is 13.5. The van der Waals surface area contributed by atoms with Crippen molar-refractivity contribution in [3.05, 3.63) is 36.3 Å². The molecule has 0 aliphatic rings. The molecule has 3 nitrogen and oxygen atoms in total. The number of rotatable bonds is 4. The van der Waals surface area contributed by atoms with Gasteiger partial charge in [-0.25, -0.2) is 4.39 Å². The van der Waals surface area contributed by atoms with Crippen molar-refractivity contribution >= 4 is 28.6 Å². The minimum absolute atomic E-state index is 0.0871. The highest BCUT2D eigenvalue weighted by molar-refractivity contribution is 7.99. The Bertz CT molecular complexity index is 559. The standard InChI is InChI=1S/C12H10FNO2S/c13-9-3-1-2-8-10(4-6-14-12(8)9)17-7-5-11(15)16/h1-4,6H,5,7H2,(H,15,16). The SMILES string of the molecule is O=C(O)CCSc1ccnc2c(F)cccc12. The zero-order chi connectivity index (χ0) is 12.3. The van der Waals surface area contributed by atoms with Crippen molar-refractivity contribution in [1.29, 1.82) is 0 Å². The van der Waals surface area contributed by atoms with E-state index in [0.717, 1.165) is 10.3 Å².